The molecular formula is C8H16NO. The van der Waals surface area contributed by atoms with Crippen LogP contribution in [0.3, 0.4) is 0 Å². The molecule has 1 aliphatic rings. The number of rotatable bonds is 2. The highest BCUT2D eigenvalue weighted by molar-refractivity contribution is 4.71. The van der Waals surface area contributed by atoms with Gasteiger partial charge < -0.3 is 9.64 Å². The SMILES string of the molecule is [CH2]CN(C)C1CCCOC1. The minimum atomic E-state index is 0.617. The topological polar surface area (TPSA) is 12.5 Å². The quantitative estimate of drug-likeness (QED) is 0.568. The van der Waals surface area contributed by atoms with Crippen molar-refractivity contribution in [3.05, 3.63) is 6.92 Å². The van der Waals surface area contributed by atoms with Crippen LogP contribution in [0.2, 0.25) is 0 Å². The molecule has 1 aliphatic heterocycles. The molecule has 0 saturated carbocycles. The van der Waals surface area contributed by atoms with E-state index in [1.807, 2.05) is 0 Å². The van der Waals surface area contributed by atoms with E-state index in [2.05, 4.69) is 18.9 Å². The Kier molecular flexibility index (Phi) is 3.16. The molecule has 0 spiro atoms. The van der Waals surface area contributed by atoms with Crippen LogP contribution in [0.25, 0.3) is 0 Å². The van der Waals surface area contributed by atoms with Crippen molar-refractivity contribution in [1.29, 1.82) is 0 Å². The molecule has 1 fully saturated rings. The van der Waals surface area contributed by atoms with Crippen LogP contribution < -0.4 is 0 Å². The van der Waals surface area contributed by atoms with Gasteiger partial charge in [-0.15, -0.1) is 0 Å². The summed E-state index contributed by atoms with van der Waals surface area (Å²) >= 11 is 0. The van der Waals surface area contributed by atoms with Crippen molar-refractivity contribution < 1.29 is 4.74 Å². The molecule has 0 N–H and O–H groups in total. The Morgan fingerprint density at radius 1 is 1.70 bits per heavy atom. The molecule has 1 heterocycles. The van der Waals surface area contributed by atoms with Crippen LogP contribution in [-0.4, -0.2) is 37.7 Å². The molecule has 2 nitrogen and oxygen atoms in total. The fourth-order valence-corrected chi connectivity index (χ4v) is 1.25. The molecule has 0 aromatic carbocycles. The van der Waals surface area contributed by atoms with E-state index in [1.54, 1.807) is 0 Å². The molecule has 0 bridgehead atoms. The Balaban J connectivity index is 2.24. The largest absolute Gasteiger partial charge is 0.380 e. The lowest BCUT2D eigenvalue weighted by atomic mass is 10.1. The molecule has 1 radical (unpaired) electrons. The van der Waals surface area contributed by atoms with Crippen LogP contribution in [-0.2, 0) is 4.74 Å². The Labute approximate surface area is 63.2 Å². The van der Waals surface area contributed by atoms with E-state index >= 15 is 0 Å². The number of hydrogen-bond acceptors (Lipinski definition) is 2. The molecule has 1 saturated heterocycles. The summed E-state index contributed by atoms with van der Waals surface area (Å²) in [6.07, 6.45) is 2.47. The van der Waals surface area contributed by atoms with Crippen LogP contribution in [0, 0.1) is 6.92 Å². The zero-order valence-corrected chi connectivity index (χ0v) is 6.68. The zero-order chi connectivity index (χ0) is 7.40. The van der Waals surface area contributed by atoms with E-state index in [0.29, 0.717) is 6.04 Å². The second-order valence-corrected chi connectivity index (χ2v) is 2.85. The molecule has 1 unspecified atom stereocenters. The van der Waals surface area contributed by atoms with Crippen molar-refractivity contribution in [3.8, 4) is 0 Å². The maximum absolute atomic E-state index is 5.34. The van der Waals surface area contributed by atoms with Gasteiger partial charge in [0.25, 0.3) is 0 Å². The first-order valence-corrected chi connectivity index (χ1v) is 3.92. The fraction of sp³-hybridized carbons (Fsp3) is 0.875. The average Bonchev–Trinajstić information content (AvgIpc) is 2.05. The van der Waals surface area contributed by atoms with Gasteiger partial charge in [-0.25, -0.2) is 0 Å². The summed E-state index contributed by atoms with van der Waals surface area (Å²) in [6, 6.07) is 0.617. The van der Waals surface area contributed by atoms with Gasteiger partial charge in [0.2, 0.25) is 0 Å². The predicted octanol–water partition coefficient (Wildman–Crippen LogP) is 0.931. The summed E-state index contributed by atoms with van der Waals surface area (Å²) in [5.74, 6) is 0. The van der Waals surface area contributed by atoms with Gasteiger partial charge in [0.15, 0.2) is 0 Å². The minimum Gasteiger partial charge on any atom is -0.380 e. The normalized spacial score (nSPS) is 27.3. The third-order valence-electron chi connectivity index (χ3n) is 2.11. The Morgan fingerprint density at radius 3 is 3.00 bits per heavy atom. The number of ether oxygens (including phenoxy) is 1. The van der Waals surface area contributed by atoms with E-state index in [-0.39, 0.29) is 0 Å². The van der Waals surface area contributed by atoms with Gasteiger partial charge in [-0.2, -0.15) is 0 Å². The first kappa shape index (κ1) is 8.02. The van der Waals surface area contributed by atoms with Crippen molar-refractivity contribution >= 4 is 0 Å². The first-order valence-electron chi connectivity index (χ1n) is 3.92. The molecule has 0 aliphatic carbocycles. The lowest BCUT2D eigenvalue weighted by Crippen LogP contribution is -2.38. The van der Waals surface area contributed by atoms with E-state index in [4.69, 9.17) is 4.74 Å². The van der Waals surface area contributed by atoms with E-state index in [0.717, 1.165) is 19.8 Å². The fourth-order valence-electron chi connectivity index (χ4n) is 1.25. The lowest BCUT2D eigenvalue weighted by molar-refractivity contribution is 0.0313. The van der Waals surface area contributed by atoms with E-state index in [9.17, 15) is 0 Å². The Bertz CT molecular complexity index is 89.3. The molecular weight excluding hydrogens is 126 g/mol. The third kappa shape index (κ3) is 1.96. The smallest absolute Gasteiger partial charge is 0.0621 e. The minimum absolute atomic E-state index is 0.617. The van der Waals surface area contributed by atoms with Crippen molar-refractivity contribution in [2.24, 2.45) is 0 Å². The van der Waals surface area contributed by atoms with Gasteiger partial charge in [-0.3, -0.25) is 0 Å². The summed E-state index contributed by atoms with van der Waals surface area (Å²) < 4.78 is 5.34. The van der Waals surface area contributed by atoms with Gasteiger partial charge >= 0.3 is 0 Å². The van der Waals surface area contributed by atoms with Gasteiger partial charge in [0.05, 0.1) is 6.61 Å². The van der Waals surface area contributed by atoms with Crippen LogP contribution in [0.1, 0.15) is 12.8 Å². The summed E-state index contributed by atoms with van der Waals surface area (Å²) in [5.41, 5.74) is 0. The summed E-state index contributed by atoms with van der Waals surface area (Å²) in [6.45, 7) is 6.55. The maximum Gasteiger partial charge on any atom is 0.0621 e. The molecule has 1 atom stereocenters. The van der Waals surface area contributed by atoms with Gasteiger partial charge in [0.1, 0.15) is 0 Å². The van der Waals surface area contributed by atoms with E-state index < -0.39 is 0 Å². The molecule has 0 amide bonds. The molecule has 2 heteroatoms. The molecule has 59 valence electrons. The highest BCUT2D eigenvalue weighted by atomic mass is 16.5. The summed E-state index contributed by atoms with van der Waals surface area (Å²) in [7, 11) is 2.10. The molecule has 1 rings (SSSR count). The molecule has 0 aromatic heterocycles. The van der Waals surface area contributed by atoms with Gasteiger partial charge in [-0.1, -0.05) is 0 Å². The second-order valence-electron chi connectivity index (χ2n) is 2.85. The van der Waals surface area contributed by atoms with Crippen LogP contribution in [0.5, 0.6) is 0 Å². The highest BCUT2D eigenvalue weighted by Crippen LogP contribution is 2.10. The van der Waals surface area contributed by atoms with Crippen molar-refractivity contribution in [2.75, 3.05) is 26.8 Å². The average molecular weight is 142 g/mol. The number of likely N-dealkylation sites (N-methyl/N-ethyl adjacent to an activating group) is 1. The van der Waals surface area contributed by atoms with Crippen LogP contribution >= 0.6 is 0 Å². The van der Waals surface area contributed by atoms with Crippen molar-refractivity contribution in [3.63, 3.8) is 0 Å². The molecule has 0 aromatic rings. The van der Waals surface area contributed by atoms with Gasteiger partial charge in [0, 0.05) is 12.6 Å². The number of hydrogen-bond donors (Lipinski definition) is 0. The second kappa shape index (κ2) is 3.94. The van der Waals surface area contributed by atoms with Crippen LogP contribution in [0.4, 0.5) is 0 Å². The predicted molar refractivity (Wildman–Crippen MR) is 41.8 cm³/mol. The monoisotopic (exact) mass is 142 g/mol. The standard InChI is InChI=1S/C8H16NO/c1-3-9(2)8-5-4-6-10-7-8/h8H,1,3-7H2,2H3. The van der Waals surface area contributed by atoms with Crippen molar-refractivity contribution in [1.82, 2.24) is 4.90 Å². The Morgan fingerprint density at radius 2 is 2.50 bits per heavy atom. The van der Waals surface area contributed by atoms with Crippen molar-refractivity contribution in [2.45, 2.75) is 18.9 Å². The third-order valence-corrected chi connectivity index (χ3v) is 2.11. The lowest BCUT2D eigenvalue weighted by Gasteiger charge is -2.29. The molecule has 10 heavy (non-hydrogen) atoms. The first-order chi connectivity index (χ1) is 4.84. The van der Waals surface area contributed by atoms with Crippen LogP contribution in [0.15, 0.2) is 0 Å². The summed E-state index contributed by atoms with van der Waals surface area (Å²) in [4.78, 5) is 2.25. The Hall–Kier alpha value is -0.0800. The maximum atomic E-state index is 5.34. The highest BCUT2D eigenvalue weighted by Gasteiger charge is 2.16. The number of nitrogens with zero attached hydrogens (tertiary/aromatic N) is 1. The van der Waals surface area contributed by atoms with E-state index in [1.165, 1.54) is 12.8 Å². The zero-order valence-electron chi connectivity index (χ0n) is 6.68. The summed E-state index contributed by atoms with van der Waals surface area (Å²) in [5, 5.41) is 0. The van der Waals surface area contributed by atoms with Gasteiger partial charge in [-0.05, 0) is 33.4 Å².